The lowest BCUT2D eigenvalue weighted by molar-refractivity contribution is -0.145. The Morgan fingerprint density at radius 2 is 2.04 bits per heavy atom. The number of carboxylic acid groups (broad SMARTS) is 1. The van der Waals surface area contributed by atoms with Gasteiger partial charge in [-0.1, -0.05) is 18.2 Å². The van der Waals surface area contributed by atoms with Gasteiger partial charge in [0.1, 0.15) is 17.7 Å². The van der Waals surface area contributed by atoms with Crippen LogP contribution in [0.25, 0.3) is 0 Å². The van der Waals surface area contributed by atoms with Crippen LogP contribution in [-0.2, 0) is 29.1 Å². The second-order valence-electron chi connectivity index (χ2n) is 7.31. The summed E-state index contributed by atoms with van der Waals surface area (Å²) in [5.74, 6) is 0.380. The van der Waals surface area contributed by atoms with E-state index in [1.54, 1.807) is 4.90 Å². The first-order chi connectivity index (χ1) is 13.0. The number of carbonyl (C=O) groups excluding carboxylic acids is 1. The van der Waals surface area contributed by atoms with Crippen LogP contribution in [0.3, 0.4) is 0 Å². The molecule has 1 aromatic heterocycles. The molecular weight excluding hydrogens is 346 g/mol. The van der Waals surface area contributed by atoms with E-state index in [-0.39, 0.29) is 25.0 Å². The highest BCUT2D eigenvalue weighted by Crippen LogP contribution is 2.31. The van der Waals surface area contributed by atoms with Gasteiger partial charge in [-0.25, -0.2) is 0 Å². The summed E-state index contributed by atoms with van der Waals surface area (Å²) in [4.78, 5) is 28.5. The molecule has 0 saturated heterocycles. The number of rotatable bonds is 3. The van der Waals surface area contributed by atoms with Gasteiger partial charge in [0.25, 0.3) is 0 Å². The van der Waals surface area contributed by atoms with E-state index in [0.29, 0.717) is 18.2 Å². The fourth-order valence-corrected chi connectivity index (χ4v) is 4.08. The molecule has 0 spiro atoms. The molecule has 3 heterocycles. The number of aliphatic carboxylic acids is 1. The van der Waals surface area contributed by atoms with Gasteiger partial charge in [-0.2, -0.15) is 0 Å². The topological polar surface area (TPSA) is 91.6 Å². The molecule has 2 aliphatic rings. The van der Waals surface area contributed by atoms with Crippen LogP contribution >= 0.6 is 0 Å². The lowest BCUT2D eigenvalue weighted by Crippen LogP contribution is -2.53. The number of aryl methyl sites for hydroxylation is 2. The van der Waals surface area contributed by atoms with Crippen molar-refractivity contribution in [1.82, 2.24) is 19.7 Å². The van der Waals surface area contributed by atoms with Crippen molar-refractivity contribution in [1.29, 1.82) is 0 Å². The third kappa shape index (κ3) is 3.10. The quantitative estimate of drug-likeness (QED) is 0.875. The number of anilines is 1. The summed E-state index contributed by atoms with van der Waals surface area (Å²) < 4.78 is 1.82. The van der Waals surface area contributed by atoms with E-state index >= 15 is 0 Å². The smallest absolute Gasteiger partial charge is 0.322 e. The Balaban J connectivity index is 1.59. The van der Waals surface area contributed by atoms with Gasteiger partial charge in [0.2, 0.25) is 5.91 Å². The minimum atomic E-state index is -0.936. The van der Waals surface area contributed by atoms with Crippen LogP contribution < -0.4 is 4.90 Å². The van der Waals surface area contributed by atoms with E-state index in [9.17, 15) is 14.7 Å². The van der Waals surface area contributed by atoms with Gasteiger partial charge in [-0.15, -0.1) is 10.2 Å². The molecule has 2 aliphatic heterocycles. The molecule has 27 heavy (non-hydrogen) atoms. The zero-order chi connectivity index (χ0) is 19.1. The maximum absolute atomic E-state index is 13.2. The van der Waals surface area contributed by atoms with Crippen LogP contribution in [-0.4, -0.2) is 55.3 Å². The molecule has 1 amide bonds. The van der Waals surface area contributed by atoms with Gasteiger partial charge >= 0.3 is 5.97 Å². The summed E-state index contributed by atoms with van der Waals surface area (Å²) in [6, 6.07) is 7.25. The van der Waals surface area contributed by atoms with E-state index in [2.05, 4.69) is 10.2 Å². The number of hydrogen-bond donors (Lipinski definition) is 1. The molecule has 1 N–H and O–H groups in total. The van der Waals surface area contributed by atoms with Crippen LogP contribution in [0.2, 0.25) is 0 Å². The highest BCUT2D eigenvalue weighted by molar-refractivity contribution is 5.96. The fourth-order valence-electron chi connectivity index (χ4n) is 4.08. The van der Waals surface area contributed by atoms with Crippen LogP contribution in [0, 0.1) is 6.92 Å². The molecule has 1 aromatic carbocycles. The lowest BCUT2D eigenvalue weighted by Gasteiger charge is -2.38. The molecule has 0 radical (unpaired) electrons. The number of nitrogens with zero attached hydrogens (tertiary/aromatic N) is 5. The SMILES string of the molecule is Cc1nnc2n1CC(C(=O)O)N(CC(=O)N1c3ccccc3CCC1C)C2. The Hall–Kier alpha value is -2.74. The van der Waals surface area contributed by atoms with E-state index in [0.717, 1.165) is 24.1 Å². The zero-order valence-electron chi connectivity index (χ0n) is 15.5. The van der Waals surface area contributed by atoms with Gasteiger partial charge in [0, 0.05) is 11.7 Å². The van der Waals surface area contributed by atoms with Crippen LogP contribution in [0.15, 0.2) is 24.3 Å². The Morgan fingerprint density at radius 1 is 1.26 bits per heavy atom. The van der Waals surface area contributed by atoms with Crippen molar-refractivity contribution in [2.24, 2.45) is 0 Å². The molecule has 2 aromatic rings. The van der Waals surface area contributed by atoms with Gasteiger partial charge in [-0.3, -0.25) is 14.5 Å². The monoisotopic (exact) mass is 369 g/mol. The van der Waals surface area contributed by atoms with Crippen molar-refractivity contribution in [3.63, 3.8) is 0 Å². The fraction of sp³-hybridized carbons (Fsp3) is 0.474. The molecule has 8 heteroatoms. The molecule has 2 unspecified atom stereocenters. The van der Waals surface area contributed by atoms with Gasteiger partial charge in [-0.05, 0) is 38.3 Å². The molecular formula is C19H23N5O3. The Bertz CT molecular complexity index is 893. The number of carboxylic acids is 1. The maximum Gasteiger partial charge on any atom is 0.322 e. The molecule has 2 atom stereocenters. The minimum Gasteiger partial charge on any atom is -0.480 e. The van der Waals surface area contributed by atoms with Gasteiger partial charge < -0.3 is 14.6 Å². The summed E-state index contributed by atoms with van der Waals surface area (Å²) in [5, 5.41) is 17.8. The molecule has 142 valence electrons. The first-order valence-electron chi connectivity index (χ1n) is 9.21. The number of carbonyl (C=O) groups is 2. The van der Waals surface area contributed by atoms with Crippen LogP contribution in [0.1, 0.15) is 30.6 Å². The van der Waals surface area contributed by atoms with Crippen molar-refractivity contribution in [2.45, 2.75) is 51.9 Å². The molecule has 0 fully saturated rings. The minimum absolute atomic E-state index is 0.0432. The average Bonchev–Trinajstić information content (AvgIpc) is 3.00. The third-order valence-corrected chi connectivity index (χ3v) is 5.57. The Morgan fingerprint density at radius 3 is 2.81 bits per heavy atom. The van der Waals surface area contributed by atoms with E-state index in [1.165, 1.54) is 0 Å². The van der Waals surface area contributed by atoms with Gasteiger partial charge in [0.05, 0.1) is 19.6 Å². The molecule has 0 aliphatic carbocycles. The van der Waals surface area contributed by atoms with E-state index in [1.807, 2.05) is 47.6 Å². The largest absolute Gasteiger partial charge is 0.480 e. The van der Waals surface area contributed by atoms with Crippen LogP contribution in [0.5, 0.6) is 0 Å². The van der Waals surface area contributed by atoms with E-state index < -0.39 is 12.0 Å². The summed E-state index contributed by atoms with van der Waals surface area (Å²) in [5.41, 5.74) is 2.09. The van der Waals surface area contributed by atoms with Crippen LogP contribution in [0.4, 0.5) is 5.69 Å². The predicted molar refractivity (Wildman–Crippen MR) is 98.3 cm³/mol. The summed E-state index contributed by atoms with van der Waals surface area (Å²) in [6.07, 6.45) is 1.85. The zero-order valence-corrected chi connectivity index (χ0v) is 15.5. The van der Waals surface area contributed by atoms with Crippen molar-refractivity contribution in [3.05, 3.63) is 41.5 Å². The number of benzene rings is 1. The first kappa shape index (κ1) is 17.7. The number of aromatic nitrogens is 3. The number of hydrogen-bond acceptors (Lipinski definition) is 5. The highest BCUT2D eigenvalue weighted by Gasteiger charge is 2.37. The van der Waals surface area contributed by atoms with Crippen molar-refractivity contribution >= 4 is 17.6 Å². The first-order valence-corrected chi connectivity index (χ1v) is 9.21. The normalized spacial score (nSPS) is 22.2. The van der Waals surface area contributed by atoms with Crippen molar-refractivity contribution < 1.29 is 14.7 Å². The summed E-state index contributed by atoms with van der Waals surface area (Å²) >= 11 is 0. The molecule has 4 rings (SSSR count). The predicted octanol–water partition coefficient (Wildman–Crippen LogP) is 1.22. The third-order valence-electron chi connectivity index (χ3n) is 5.57. The molecule has 0 bridgehead atoms. The second-order valence-corrected chi connectivity index (χ2v) is 7.31. The summed E-state index contributed by atoms with van der Waals surface area (Å²) in [7, 11) is 0. The maximum atomic E-state index is 13.2. The highest BCUT2D eigenvalue weighted by atomic mass is 16.4. The molecule has 8 nitrogen and oxygen atoms in total. The van der Waals surface area contributed by atoms with Crippen molar-refractivity contribution in [2.75, 3.05) is 11.4 Å². The van der Waals surface area contributed by atoms with E-state index in [4.69, 9.17) is 0 Å². The second kappa shape index (κ2) is 6.77. The standard InChI is InChI=1S/C19H23N5O3/c1-12-7-8-14-5-3-4-6-15(14)24(12)18(25)11-22-10-17-21-20-13(2)23(17)9-16(22)19(26)27/h3-6,12,16H,7-11H2,1-2H3,(H,26,27). The average molecular weight is 369 g/mol. The summed E-state index contributed by atoms with van der Waals surface area (Å²) in [6.45, 7) is 4.44. The lowest BCUT2D eigenvalue weighted by atomic mass is 9.96. The number of fused-ring (bicyclic) bond motifs is 2. The number of para-hydroxylation sites is 1. The Labute approximate surface area is 157 Å². The number of amides is 1. The van der Waals surface area contributed by atoms with Gasteiger partial charge in [0.15, 0.2) is 0 Å². The Kier molecular flexibility index (Phi) is 4.43. The molecule has 0 saturated carbocycles. The van der Waals surface area contributed by atoms with Crippen molar-refractivity contribution in [3.8, 4) is 0 Å².